The summed E-state index contributed by atoms with van der Waals surface area (Å²) in [6, 6.07) is 26.5. The minimum absolute atomic E-state index is 0.0680. The molecule has 5 N–H and O–H groups in total. The van der Waals surface area contributed by atoms with E-state index >= 15 is 0 Å². The first-order chi connectivity index (χ1) is 37.6. The SMILES string of the molecule is CCCCCC(=O)NC(CCC(=O)NC(CSSCC(NC(=O)CCC(NC(=O)CCCC[P+](c1ccccc1)(c1ccccc1)c1ccccc1)C(=O)OC)C(=O)CCC(=O)OCC)C(=O)NCC(=O)OCC)C(=O)OC. The fraction of sp³-hybridized carbons (Fsp3) is 0.500. The van der Waals surface area contributed by atoms with Crippen LogP contribution in [-0.2, 0) is 66.9 Å². The van der Waals surface area contributed by atoms with Gasteiger partial charge < -0.3 is 45.5 Å². The zero-order valence-electron chi connectivity index (χ0n) is 45.4. The summed E-state index contributed by atoms with van der Waals surface area (Å²) in [5, 5.41) is 16.7. The van der Waals surface area contributed by atoms with Crippen LogP contribution in [0, 0.1) is 0 Å². The Bertz CT molecular complexity index is 2290. The molecule has 0 radical (unpaired) electrons. The first-order valence-corrected chi connectivity index (χ1v) is 30.8. The van der Waals surface area contributed by atoms with Crippen LogP contribution in [0.3, 0.4) is 0 Å². The zero-order valence-corrected chi connectivity index (χ0v) is 47.9. The van der Waals surface area contributed by atoms with Gasteiger partial charge in [-0.15, -0.1) is 0 Å². The van der Waals surface area contributed by atoms with Crippen LogP contribution in [0.4, 0.5) is 0 Å². The lowest BCUT2D eigenvalue weighted by Gasteiger charge is -2.27. The topological polar surface area (TPSA) is 268 Å². The normalized spacial score (nSPS) is 12.5. The van der Waals surface area contributed by atoms with Gasteiger partial charge in [-0.25, -0.2) is 9.59 Å². The highest BCUT2D eigenvalue weighted by atomic mass is 33.1. The van der Waals surface area contributed by atoms with Crippen LogP contribution in [0.1, 0.15) is 104 Å². The van der Waals surface area contributed by atoms with Crippen molar-refractivity contribution in [1.82, 2.24) is 26.6 Å². The van der Waals surface area contributed by atoms with Crippen molar-refractivity contribution in [3.8, 4) is 0 Å². The quantitative estimate of drug-likeness (QED) is 0.0173. The third-order valence-corrected chi connectivity index (χ3v) is 19.2. The maximum absolute atomic E-state index is 13.6. The van der Waals surface area contributed by atoms with Crippen LogP contribution in [0.25, 0.3) is 0 Å². The van der Waals surface area contributed by atoms with Gasteiger partial charge in [-0.2, -0.15) is 0 Å². The van der Waals surface area contributed by atoms with Gasteiger partial charge in [0, 0.05) is 43.6 Å². The van der Waals surface area contributed by atoms with Crippen LogP contribution in [-0.4, -0.2) is 135 Å². The summed E-state index contributed by atoms with van der Waals surface area (Å²) in [4.78, 5) is 129. The van der Waals surface area contributed by atoms with Gasteiger partial charge in [0.2, 0.25) is 29.5 Å². The van der Waals surface area contributed by atoms with Crippen molar-refractivity contribution in [1.29, 1.82) is 0 Å². The number of carbonyl (C=O) groups excluding carboxylic acids is 10. The molecule has 78 heavy (non-hydrogen) atoms. The number of rotatable bonds is 38. The Morgan fingerprint density at radius 3 is 1.33 bits per heavy atom. The van der Waals surface area contributed by atoms with Crippen LogP contribution in [0.5, 0.6) is 0 Å². The Labute approximate surface area is 466 Å². The lowest BCUT2D eigenvalue weighted by molar-refractivity contribution is -0.146. The standard InChI is InChI=1S/C56H76N5O14PS2/c1-6-9-13-28-48(63)58-44(56(71)73-5)31-34-51(66)61-46(54(69)57-37-53(68)75-8-3)39-78-77-38-45(47(62)32-35-52(67)74-7-2)60-50(65)33-30-43(55(70)72-4)59-49(64)29-20-21-36-76(40-22-14-10-15-23-40,41-24-16-11-17-25-41)42-26-18-12-19-27-42/h10-12,14-19,22-27,43-46H,6-9,13,20-21,28-39H2,1-5H3,(H4-,57,58,59,60,61,63,64,65,66,69)/p+1. The van der Waals surface area contributed by atoms with Gasteiger partial charge in [0.1, 0.15) is 47.8 Å². The predicted molar refractivity (Wildman–Crippen MR) is 304 cm³/mol. The fourth-order valence-electron chi connectivity index (χ4n) is 8.21. The van der Waals surface area contributed by atoms with E-state index in [0.29, 0.717) is 19.3 Å². The molecule has 0 aliphatic carbocycles. The van der Waals surface area contributed by atoms with Gasteiger partial charge in [0.25, 0.3) is 0 Å². The zero-order chi connectivity index (χ0) is 57.1. The predicted octanol–water partition coefficient (Wildman–Crippen LogP) is 4.55. The van der Waals surface area contributed by atoms with Gasteiger partial charge >= 0.3 is 23.9 Å². The molecular formula is C56H77N5O14PS2+. The summed E-state index contributed by atoms with van der Waals surface area (Å²) in [5.74, 6) is -6.30. The summed E-state index contributed by atoms with van der Waals surface area (Å²) in [6.45, 7) is 4.89. The third-order valence-electron chi connectivity index (χ3n) is 12.2. The average Bonchev–Trinajstić information content (AvgIpc) is 3.47. The Kier molecular flexibility index (Phi) is 31.7. The van der Waals surface area contributed by atoms with E-state index in [-0.39, 0.29) is 82.0 Å². The van der Waals surface area contributed by atoms with Gasteiger partial charge in [-0.3, -0.25) is 38.4 Å². The summed E-state index contributed by atoms with van der Waals surface area (Å²) >= 11 is 0. The monoisotopic (exact) mass is 1140 g/mol. The van der Waals surface area contributed by atoms with Gasteiger partial charge in [-0.05, 0) is 82.3 Å². The maximum Gasteiger partial charge on any atom is 0.328 e. The van der Waals surface area contributed by atoms with Crippen molar-refractivity contribution in [3.05, 3.63) is 91.0 Å². The number of carbonyl (C=O) groups is 10. The van der Waals surface area contributed by atoms with Gasteiger partial charge in [0.05, 0.1) is 46.1 Å². The van der Waals surface area contributed by atoms with Crippen molar-refractivity contribution in [3.63, 3.8) is 0 Å². The van der Waals surface area contributed by atoms with Gasteiger partial charge in [-0.1, -0.05) is 96.0 Å². The van der Waals surface area contributed by atoms with E-state index in [2.05, 4.69) is 63.0 Å². The van der Waals surface area contributed by atoms with E-state index in [1.165, 1.54) is 23.0 Å². The van der Waals surface area contributed by atoms with E-state index in [9.17, 15) is 47.9 Å². The van der Waals surface area contributed by atoms with Crippen molar-refractivity contribution in [2.24, 2.45) is 0 Å². The number of amides is 5. The van der Waals surface area contributed by atoms with E-state index in [1.807, 2.05) is 61.5 Å². The lowest BCUT2D eigenvalue weighted by Crippen LogP contribution is -2.50. The van der Waals surface area contributed by atoms with E-state index in [4.69, 9.17) is 18.9 Å². The molecular weight excluding hydrogens is 1060 g/mol. The summed E-state index contributed by atoms with van der Waals surface area (Å²) < 4.78 is 19.7. The number of Topliss-reactive ketones (excluding diaryl/α,β-unsaturated/α-hetero) is 1. The molecule has 0 aromatic heterocycles. The van der Waals surface area contributed by atoms with Crippen molar-refractivity contribution in [2.45, 2.75) is 128 Å². The molecule has 0 heterocycles. The molecule has 426 valence electrons. The van der Waals surface area contributed by atoms with Gasteiger partial charge in [0.15, 0.2) is 5.78 Å². The Hall–Kier alpha value is -6.31. The molecule has 0 aliphatic heterocycles. The van der Waals surface area contributed by atoms with Crippen molar-refractivity contribution >= 4 is 104 Å². The molecule has 5 amide bonds. The van der Waals surface area contributed by atoms with Crippen molar-refractivity contribution in [2.75, 3.05) is 51.6 Å². The molecule has 3 aromatic carbocycles. The molecule has 3 rings (SSSR count). The summed E-state index contributed by atoms with van der Waals surface area (Å²) in [5.41, 5.74) is 0. The Morgan fingerprint density at radius 2 is 0.885 bits per heavy atom. The first kappa shape index (κ1) is 66.0. The number of hydrogen-bond acceptors (Lipinski definition) is 16. The second-order valence-corrected chi connectivity index (χ2v) is 24.1. The third kappa shape index (κ3) is 23.7. The van der Waals surface area contributed by atoms with Crippen LogP contribution < -0.4 is 42.5 Å². The smallest absolute Gasteiger partial charge is 0.328 e. The number of ether oxygens (including phenoxy) is 4. The van der Waals surface area contributed by atoms with E-state index in [0.717, 1.165) is 47.7 Å². The molecule has 0 saturated heterocycles. The van der Waals surface area contributed by atoms with E-state index in [1.54, 1.807) is 13.8 Å². The number of ketones is 1. The minimum atomic E-state index is -2.13. The summed E-state index contributed by atoms with van der Waals surface area (Å²) in [6.07, 6.45) is 3.22. The number of esters is 4. The number of nitrogens with one attached hydrogen (secondary N) is 5. The van der Waals surface area contributed by atoms with Crippen molar-refractivity contribution < 1.29 is 66.9 Å². The lowest BCUT2D eigenvalue weighted by atomic mass is 10.1. The molecule has 4 unspecified atom stereocenters. The highest BCUT2D eigenvalue weighted by Gasteiger charge is 2.44. The van der Waals surface area contributed by atoms with Crippen LogP contribution >= 0.6 is 28.9 Å². The van der Waals surface area contributed by atoms with Crippen LogP contribution in [0.15, 0.2) is 91.0 Å². The van der Waals surface area contributed by atoms with Crippen LogP contribution in [0.2, 0.25) is 0 Å². The average molecular weight is 1140 g/mol. The molecule has 0 fully saturated rings. The van der Waals surface area contributed by atoms with E-state index < -0.39 is 91.3 Å². The highest BCUT2D eigenvalue weighted by molar-refractivity contribution is 8.76. The Morgan fingerprint density at radius 1 is 0.474 bits per heavy atom. The minimum Gasteiger partial charge on any atom is -0.467 e. The largest absolute Gasteiger partial charge is 0.467 e. The second-order valence-electron chi connectivity index (χ2n) is 17.9. The molecule has 0 saturated carbocycles. The molecule has 0 bridgehead atoms. The highest BCUT2D eigenvalue weighted by Crippen LogP contribution is 2.56. The maximum atomic E-state index is 13.6. The number of methoxy groups -OCH3 is 2. The molecule has 3 aromatic rings. The number of hydrogen-bond donors (Lipinski definition) is 5. The first-order valence-electron chi connectivity index (χ1n) is 26.4. The molecule has 4 atom stereocenters. The molecule has 0 spiro atoms. The number of unbranched alkanes of at least 4 members (excludes halogenated alkanes) is 3. The molecule has 0 aliphatic rings. The molecule has 22 heteroatoms. The molecule has 19 nitrogen and oxygen atoms in total. The number of benzene rings is 3. The summed E-state index contributed by atoms with van der Waals surface area (Å²) in [7, 11) is 2.34. The Balaban J connectivity index is 1.67. The fourth-order valence-corrected chi connectivity index (χ4v) is 15.0. The second kappa shape index (κ2) is 37.5.